The standard InChI is InChI=1S/C30H31N3O5/c1-21(2)38-27-11-7-23(8-12-27)19-28(30(36)32-16-17-34)33-29(35)25-9-13-26(14-10-25)37-18-15-22-3-5-24(20-31)6-4-22/h3-14,19,21,34H,15-18H2,1-2H3,(H,32,36)(H,33,35)/b28-19-. The van der Waals surface area contributed by atoms with Crippen molar-refractivity contribution in [3.05, 3.63) is 101 Å². The van der Waals surface area contributed by atoms with E-state index < -0.39 is 11.8 Å². The zero-order valence-electron chi connectivity index (χ0n) is 21.4. The van der Waals surface area contributed by atoms with Crippen molar-refractivity contribution in [1.82, 2.24) is 10.6 Å². The number of carbonyl (C=O) groups is 2. The zero-order valence-corrected chi connectivity index (χ0v) is 21.4. The van der Waals surface area contributed by atoms with Gasteiger partial charge in [0.25, 0.3) is 11.8 Å². The van der Waals surface area contributed by atoms with Gasteiger partial charge < -0.3 is 25.2 Å². The fourth-order valence-corrected chi connectivity index (χ4v) is 3.43. The molecule has 3 rings (SSSR count). The number of hydrogen-bond acceptors (Lipinski definition) is 6. The summed E-state index contributed by atoms with van der Waals surface area (Å²) in [6.07, 6.45) is 2.27. The highest BCUT2D eigenvalue weighted by Gasteiger charge is 2.15. The van der Waals surface area contributed by atoms with Crippen molar-refractivity contribution < 1.29 is 24.2 Å². The first-order valence-corrected chi connectivity index (χ1v) is 12.3. The topological polar surface area (TPSA) is 121 Å². The lowest BCUT2D eigenvalue weighted by Crippen LogP contribution is -2.36. The zero-order chi connectivity index (χ0) is 27.3. The average Bonchev–Trinajstić information content (AvgIpc) is 2.92. The van der Waals surface area contributed by atoms with E-state index in [2.05, 4.69) is 16.7 Å². The molecule has 3 aromatic rings. The van der Waals surface area contributed by atoms with Crippen molar-refractivity contribution in [3.8, 4) is 17.6 Å². The molecule has 0 saturated heterocycles. The summed E-state index contributed by atoms with van der Waals surface area (Å²) in [5, 5.41) is 23.2. The highest BCUT2D eigenvalue weighted by Crippen LogP contribution is 2.17. The molecule has 8 heteroatoms. The number of aliphatic hydroxyl groups excluding tert-OH is 1. The number of carbonyl (C=O) groups excluding carboxylic acids is 2. The van der Waals surface area contributed by atoms with Gasteiger partial charge >= 0.3 is 0 Å². The van der Waals surface area contributed by atoms with E-state index >= 15 is 0 Å². The summed E-state index contributed by atoms with van der Waals surface area (Å²) in [5.74, 6) is 0.332. The fourth-order valence-electron chi connectivity index (χ4n) is 3.43. The summed E-state index contributed by atoms with van der Waals surface area (Å²) in [4.78, 5) is 25.5. The van der Waals surface area contributed by atoms with E-state index in [0.29, 0.717) is 41.2 Å². The minimum absolute atomic E-state index is 0.0369. The summed E-state index contributed by atoms with van der Waals surface area (Å²) in [6.45, 7) is 4.14. The largest absolute Gasteiger partial charge is 0.493 e. The number of amides is 2. The van der Waals surface area contributed by atoms with Gasteiger partial charge in [0.05, 0.1) is 31.0 Å². The Kier molecular flexibility index (Phi) is 10.5. The lowest BCUT2D eigenvalue weighted by molar-refractivity contribution is -0.117. The molecule has 0 spiro atoms. The molecule has 0 atom stereocenters. The molecule has 0 aliphatic carbocycles. The van der Waals surface area contributed by atoms with Crippen molar-refractivity contribution in [2.24, 2.45) is 0 Å². The van der Waals surface area contributed by atoms with Crippen molar-refractivity contribution >= 4 is 17.9 Å². The Morgan fingerprint density at radius 3 is 2.24 bits per heavy atom. The van der Waals surface area contributed by atoms with Crippen LogP contribution in [0, 0.1) is 11.3 Å². The molecule has 196 valence electrons. The molecular formula is C30H31N3O5. The van der Waals surface area contributed by atoms with Gasteiger partial charge in [-0.05, 0) is 79.6 Å². The van der Waals surface area contributed by atoms with Gasteiger partial charge in [0.1, 0.15) is 17.2 Å². The van der Waals surface area contributed by atoms with E-state index in [1.165, 1.54) is 0 Å². The van der Waals surface area contributed by atoms with Crippen LogP contribution >= 0.6 is 0 Å². The Balaban J connectivity index is 1.63. The SMILES string of the molecule is CC(C)Oc1ccc(/C=C(\NC(=O)c2ccc(OCCc3ccc(C#N)cc3)cc2)C(=O)NCCO)cc1. The highest BCUT2D eigenvalue weighted by molar-refractivity contribution is 6.05. The van der Waals surface area contributed by atoms with Crippen molar-refractivity contribution in [2.45, 2.75) is 26.4 Å². The van der Waals surface area contributed by atoms with Crippen LogP contribution in [-0.4, -0.2) is 42.8 Å². The third kappa shape index (κ3) is 8.80. The second-order valence-corrected chi connectivity index (χ2v) is 8.66. The van der Waals surface area contributed by atoms with Crippen LogP contribution < -0.4 is 20.1 Å². The smallest absolute Gasteiger partial charge is 0.267 e. The monoisotopic (exact) mass is 513 g/mol. The molecule has 38 heavy (non-hydrogen) atoms. The molecule has 0 radical (unpaired) electrons. The van der Waals surface area contributed by atoms with Crippen LogP contribution in [0.5, 0.6) is 11.5 Å². The number of nitrogens with zero attached hydrogens (tertiary/aromatic N) is 1. The molecule has 3 aromatic carbocycles. The predicted octanol–water partition coefficient (Wildman–Crippen LogP) is 3.85. The number of rotatable bonds is 12. The maximum absolute atomic E-state index is 12.9. The molecule has 0 saturated carbocycles. The first-order valence-electron chi connectivity index (χ1n) is 12.3. The molecule has 0 aliphatic rings. The van der Waals surface area contributed by atoms with E-state index in [9.17, 15) is 9.59 Å². The van der Waals surface area contributed by atoms with Crippen LogP contribution in [0.4, 0.5) is 0 Å². The maximum Gasteiger partial charge on any atom is 0.267 e. The van der Waals surface area contributed by atoms with E-state index in [1.807, 2.05) is 26.0 Å². The summed E-state index contributed by atoms with van der Waals surface area (Å²) >= 11 is 0. The molecule has 0 unspecified atom stereocenters. The molecule has 8 nitrogen and oxygen atoms in total. The van der Waals surface area contributed by atoms with Crippen LogP contribution in [0.3, 0.4) is 0 Å². The summed E-state index contributed by atoms with van der Waals surface area (Å²) in [5.41, 5.74) is 2.76. The van der Waals surface area contributed by atoms with Gasteiger partial charge in [0.2, 0.25) is 0 Å². The van der Waals surface area contributed by atoms with E-state index in [0.717, 1.165) is 5.56 Å². The predicted molar refractivity (Wildman–Crippen MR) is 145 cm³/mol. The molecule has 0 aliphatic heterocycles. The second-order valence-electron chi connectivity index (χ2n) is 8.66. The Bertz CT molecular complexity index is 1280. The van der Waals surface area contributed by atoms with Crippen molar-refractivity contribution in [1.29, 1.82) is 5.26 Å². The van der Waals surface area contributed by atoms with Gasteiger partial charge in [-0.2, -0.15) is 5.26 Å². The van der Waals surface area contributed by atoms with Gasteiger partial charge in [0.15, 0.2) is 0 Å². The number of benzene rings is 3. The molecule has 0 bridgehead atoms. The number of nitriles is 1. The molecule has 0 aromatic heterocycles. The van der Waals surface area contributed by atoms with E-state index in [-0.39, 0.29) is 25.0 Å². The number of nitrogens with one attached hydrogen (secondary N) is 2. The van der Waals surface area contributed by atoms with Crippen LogP contribution in [0.2, 0.25) is 0 Å². The van der Waals surface area contributed by atoms with Gasteiger partial charge in [-0.15, -0.1) is 0 Å². The second kappa shape index (κ2) is 14.2. The Morgan fingerprint density at radius 2 is 1.63 bits per heavy atom. The van der Waals surface area contributed by atoms with Crippen molar-refractivity contribution in [3.63, 3.8) is 0 Å². The Hall–Kier alpha value is -4.61. The normalized spacial score (nSPS) is 11.0. The number of hydrogen-bond donors (Lipinski definition) is 3. The summed E-state index contributed by atoms with van der Waals surface area (Å²) < 4.78 is 11.4. The molecule has 0 heterocycles. The third-order valence-corrected chi connectivity index (χ3v) is 5.31. The van der Waals surface area contributed by atoms with E-state index in [1.54, 1.807) is 66.7 Å². The van der Waals surface area contributed by atoms with Crippen LogP contribution in [0.25, 0.3) is 6.08 Å². The molecule has 0 fully saturated rings. The van der Waals surface area contributed by atoms with Crippen LogP contribution in [0.15, 0.2) is 78.5 Å². The van der Waals surface area contributed by atoms with Gasteiger partial charge in [0, 0.05) is 18.5 Å². The lowest BCUT2D eigenvalue weighted by atomic mass is 10.1. The lowest BCUT2D eigenvalue weighted by Gasteiger charge is -2.12. The van der Waals surface area contributed by atoms with Gasteiger partial charge in [-0.3, -0.25) is 9.59 Å². The van der Waals surface area contributed by atoms with Crippen LogP contribution in [0.1, 0.15) is 40.9 Å². The number of ether oxygens (including phenoxy) is 2. The quantitative estimate of drug-likeness (QED) is 0.317. The fraction of sp³-hybridized carbons (Fsp3) is 0.233. The third-order valence-electron chi connectivity index (χ3n) is 5.31. The average molecular weight is 514 g/mol. The summed E-state index contributed by atoms with van der Waals surface area (Å²) in [6, 6.07) is 23.2. The molecule has 3 N–H and O–H groups in total. The minimum atomic E-state index is -0.516. The Labute approximate surface area is 222 Å². The van der Waals surface area contributed by atoms with Gasteiger partial charge in [-0.25, -0.2) is 0 Å². The first kappa shape index (κ1) is 28.0. The van der Waals surface area contributed by atoms with Crippen LogP contribution in [-0.2, 0) is 11.2 Å². The highest BCUT2D eigenvalue weighted by atomic mass is 16.5. The van der Waals surface area contributed by atoms with E-state index in [4.69, 9.17) is 19.8 Å². The number of aliphatic hydroxyl groups is 1. The minimum Gasteiger partial charge on any atom is -0.493 e. The summed E-state index contributed by atoms with van der Waals surface area (Å²) in [7, 11) is 0. The van der Waals surface area contributed by atoms with Crippen molar-refractivity contribution in [2.75, 3.05) is 19.8 Å². The first-order chi connectivity index (χ1) is 18.4. The Morgan fingerprint density at radius 1 is 0.974 bits per heavy atom. The molecule has 2 amide bonds. The maximum atomic E-state index is 12.9. The van der Waals surface area contributed by atoms with Gasteiger partial charge in [-0.1, -0.05) is 24.3 Å². The molecular weight excluding hydrogens is 482 g/mol.